The molecule has 1 atom stereocenters. The minimum Gasteiger partial charge on any atom is -0.358 e. The summed E-state index contributed by atoms with van der Waals surface area (Å²) in [7, 11) is 0.651. The van der Waals surface area contributed by atoms with Crippen molar-refractivity contribution < 1.29 is 8.42 Å². The van der Waals surface area contributed by atoms with Crippen molar-refractivity contribution in [3.8, 4) is 0 Å². The zero-order valence-electron chi connectivity index (χ0n) is 15.0. The van der Waals surface area contributed by atoms with E-state index in [1.807, 2.05) is 18.2 Å². The van der Waals surface area contributed by atoms with Crippen molar-refractivity contribution in [2.75, 3.05) is 18.8 Å². The fraction of sp³-hybridized carbons (Fsp3) is 0.300. The maximum atomic E-state index is 12.6. The van der Waals surface area contributed by atoms with Crippen LogP contribution in [0.3, 0.4) is 0 Å². The molecule has 1 aromatic heterocycles. The molecule has 2 N–H and O–H groups in total. The van der Waals surface area contributed by atoms with Gasteiger partial charge < -0.3 is 9.88 Å². The number of hydrogen-bond acceptors (Lipinski definition) is 3. The van der Waals surface area contributed by atoms with Crippen molar-refractivity contribution in [1.29, 1.82) is 0 Å². The molecule has 1 unspecified atom stereocenters. The van der Waals surface area contributed by atoms with Crippen molar-refractivity contribution in [3.63, 3.8) is 0 Å². The molecule has 5 nitrogen and oxygen atoms in total. The smallest absolute Gasteiger partial charge is 0.261 e. The Kier molecular flexibility index (Phi) is 4.25. The van der Waals surface area contributed by atoms with Gasteiger partial charge in [0.2, 0.25) is 0 Å². The molecule has 136 valence electrons. The monoisotopic (exact) mass is 369 g/mol. The Hall–Kier alpha value is -2.31. The SMILES string of the molecule is CN(C)C1CCc2[nH]c3ccc(NS(=O)(=O)c4ccccc4)cc3c2C1. The molecule has 1 heterocycles. The zero-order valence-corrected chi connectivity index (χ0v) is 15.8. The van der Waals surface area contributed by atoms with Gasteiger partial charge >= 0.3 is 0 Å². The van der Waals surface area contributed by atoms with Crippen LogP contribution < -0.4 is 4.72 Å². The van der Waals surface area contributed by atoms with Crippen molar-refractivity contribution in [2.24, 2.45) is 0 Å². The Balaban J connectivity index is 1.69. The van der Waals surface area contributed by atoms with Crippen molar-refractivity contribution in [1.82, 2.24) is 9.88 Å². The number of likely N-dealkylation sites (N-methyl/N-ethyl adjacent to an activating group) is 1. The van der Waals surface area contributed by atoms with Gasteiger partial charge in [-0.25, -0.2) is 8.42 Å². The van der Waals surface area contributed by atoms with Crippen LogP contribution in [0.1, 0.15) is 17.7 Å². The van der Waals surface area contributed by atoms with E-state index in [1.165, 1.54) is 11.3 Å². The summed E-state index contributed by atoms with van der Waals surface area (Å²) in [5.74, 6) is 0. The Bertz CT molecular complexity index is 1040. The number of aromatic nitrogens is 1. The minimum atomic E-state index is -3.58. The highest BCUT2D eigenvalue weighted by atomic mass is 32.2. The summed E-state index contributed by atoms with van der Waals surface area (Å²) >= 11 is 0. The van der Waals surface area contributed by atoms with Crippen molar-refractivity contribution in [2.45, 2.75) is 30.2 Å². The van der Waals surface area contributed by atoms with Crippen LogP contribution in [0, 0.1) is 0 Å². The highest BCUT2D eigenvalue weighted by Crippen LogP contribution is 2.32. The molecule has 4 rings (SSSR count). The molecule has 0 radical (unpaired) electrons. The fourth-order valence-electron chi connectivity index (χ4n) is 3.72. The van der Waals surface area contributed by atoms with Gasteiger partial charge in [-0.15, -0.1) is 0 Å². The highest BCUT2D eigenvalue weighted by Gasteiger charge is 2.24. The molecule has 0 saturated carbocycles. The van der Waals surface area contributed by atoms with Gasteiger partial charge in [0.25, 0.3) is 10.0 Å². The molecule has 0 spiro atoms. The summed E-state index contributed by atoms with van der Waals surface area (Å²) in [4.78, 5) is 6.04. The van der Waals surface area contributed by atoms with Crippen LogP contribution in [0.4, 0.5) is 5.69 Å². The average Bonchev–Trinajstić information content (AvgIpc) is 2.99. The lowest BCUT2D eigenvalue weighted by atomic mass is 9.91. The summed E-state index contributed by atoms with van der Waals surface area (Å²) in [5.41, 5.74) is 4.25. The average molecular weight is 369 g/mol. The molecule has 1 aliphatic carbocycles. The van der Waals surface area contributed by atoms with Gasteiger partial charge in [-0.05, 0) is 69.3 Å². The first-order valence-electron chi connectivity index (χ1n) is 8.82. The quantitative estimate of drug-likeness (QED) is 0.741. The molecule has 1 aliphatic rings. The molecular formula is C20H23N3O2S. The van der Waals surface area contributed by atoms with Gasteiger partial charge in [-0.2, -0.15) is 0 Å². The third-order valence-electron chi connectivity index (χ3n) is 5.20. The van der Waals surface area contributed by atoms with Crippen LogP contribution in [-0.4, -0.2) is 38.4 Å². The lowest BCUT2D eigenvalue weighted by Crippen LogP contribution is -2.33. The van der Waals surface area contributed by atoms with Gasteiger partial charge in [0.15, 0.2) is 0 Å². The number of nitrogens with zero attached hydrogens (tertiary/aromatic N) is 1. The molecule has 0 aliphatic heterocycles. The maximum Gasteiger partial charge on any atom is 0.261 e. The van der Waals surface area contributed by atoms with Gasteiger partial charge in [0.05, 0.1) is 4.90 Å². The molecule has 0 bridgehead atoms. The van der Waals surface area contributed by atoms with E-state index in [-0.39, 0.29) is 4.90 Å². The number of sulfonamides is 1. The van der Waals surface area contributed by atoms with Crippen LogP contribution in [0.25, 0.3) is 10.9 Å². The van der Waals surface area contributed by atoms with Crippen molar-refractivity contribution >= 4 is 26.6 Å². The van der Waals surface area contributed by atoms with E-state index in [0.29, 0.717) is 11.7 Å². The van der Waals surface area contributed by atoms with E-state index in [2.05, 4.69) is 28.7 Å². The van der Waals surface area contributed by atoms with E-state index in [0.717, 1.165) is 30.2 Å². The third-order valence-corrected chi connectivity index (χ3v) is 6.60. The number of benzene rings is 2. The standard InChI is InChI=1S/C20H23N3O2S/c1-23(2)15-9-11-20-18(13-15)17-12-14(8-10-19(17)21-20)22-26(24,25)16-6-4-3-5-7-16/h3-8,10,12,15,21-22H,9,11,13H2,1-2H3. The number of hydrogen-bond donors (Lipinski definition) is 2. The zero-order chi connectivity index (χ0) is 18.3. The van der Waals surface area contributed by atoms with Crippen molar-refractivity contribution in [3.05, 3.63) is 59.8 Å². The Morgan fingerprint density at radius 1 is 1.12 bits per heavy atom. The summed E-state index contributed by atoms with van der Waals surface area (Å²) in [6, 6.07) is 14.7. The molecule has 0 fully saturated rings. The van der Waals surface area contributed by atoms with Gasteiger partial charge in [0, 0.05) is 28.3 Å². The highest BCUT2D eigenvalue weighted by molar-refractivity contribution is 7.92. The van der Waals surface area contributed by atoms with Crippen LogP contribution in [0.15, 0.2) is 53.4 Å². The first kappa shape index (κ1) is 17.1. The largest absolute Gasteiger partial charge is 0.358 e. The fourth-order valence-corrected chi connectivity index (χ4v) is 4.79. The second-order valence-electron chi connectivity index (χ2n) is 7.12. The van der Waals surface area contributed by atoms with E-state index in [1.54, 1.807) is 30.3 Å². The minimum absolute atomic E-state index is 0.267. The number of fused-ring (bicyclic) bond motifs is 3. The summed E-state index contributed by atoms with van der Waals surface area (Å²) in [6.07, 6.45) is 3.15. The van der Waals surface area contributed by atoms with E-state index < -0.39 is 10.0 Å². The summed E-state index contributed by atoms with van der Waals surface area (Å²) in [6.45, 7) is 0. The lowest BCUT2D eigenvalue weighted by Gasteiger charge is -2.28. The predicted molar refractivity (Wildman–Crippen MR) is 105 cm³/mol. The van der Waals surface area contributed by atoms with Crippen LogP contribution in [0.5, 0.6) is 0 Å². The van der Waals surface area contributed by atoms with Gasteiger partial charge in [0.1, 0.15) is 0 Å². The Labute approximate surface area is 154 Å². The molecular weight excluding hydrogens is 346 g/mol. The number of rotatable bonds is 4. The normalized spacial score (nSPS) is 17.4. The Morgan fingerprint density at radius 3 is 2.62 bits per heavy atom. The Morgan fingerprint density at radius 2 is 1.88 bits per heavy atom. The van der Waals surface area contributed by atoms with E-state index in [4.69, 9.17) is 0 Å². The molecule has 2 aromatic carbocycles. The lowest BCUT2D eigenvalue weighted by molar-refractivity contribution is 0.268. The summed E-state index contributed by atoms with van der Waals surface area (Å²) < 4.78 is 27.9. The maximum absolute atomic E-state index is 12.6. The molecule has 0 amide bonds. The second kappa shape index (κ2) is 6.45. The number of aryl methyl sites for hydroxylation is 1. The number of anilines is 1. The number of nitrogens with one attached hydrogen (secondary N) is 2. The summed E-state index contributed by atoms with van der Waals surface area (Å²) in [5, 5.41) is 1.11. The first-order chi connectivity index (χ1) is 12.4. The number of aromatic amines is 1. The molecule has 6 heteroatoms. The second-order valence-corrected chi connectivity index (χ2v) is 8.80. The van der Waals surface area contributed by atoms with E-state index >= 15 is 0 Å². The molecule has 3 aromatic rings. The molecule has 0 saturated heterocycles. The number of H-pyrrole nitrogens is 1. The van der Waals surface area contributed by atoms with Crippen LogP contribution >= 0.6 is 0 Å². The van der Waals surface area contributed by atoms with Gasteiger partial charge in [-0.3, -0.25) is 4.72 Å². The third kappa shape index (κ3) is 3.10. The van der Waals surface area contributed by atoms with Crippen LogP contribution in [-0.2, 0) is 22.9 Å². The topological polar surface area (TPSA) is 65.2 Å². The van der Waals surface area contributed by atoms with Gasteiger partial charge in [-0.1, -0.05) is 18.2 Å². The first-order valence-corrected chi connectivity index (χ1v) is 10.3. The molecule has 26 heavy (non-hydrogen) atoms. The predicted octanol–water partition coefficient (Wildman–Crippen LogP) is 3.39. The van der Waals surface area contributed by atoms with E-state index in [9.17, 15) is 8.42 Å². The van der Waals surface area contributed by atoms with Crippen LogP contribution in [0.2, 0.25) is 0 Å².